The Morgan fingerprint density at radius 2 is 2.00 bits per heavy atom. The number of hydrogen-bond donors (Lipinski definition) is 1. The van der Waals surface area contributed by atoms with Gasteiger partial charge in [-0.25, -0.2) is 0 Å². The van der Waals surface area contributed by atoms with Crippen LogP contribution in [0.1, 0.15) is 24.9 Å². The third kappa shape index (κ3) is 1.57. The van der Waals surface area contributed by atoms with Crippen LogP contribution in [0.5, 0.6) is 0 Å². The minimum absolute atomic E-state index is 0.158. The van der Waals surface area contributed by atoms with E-state index >= 15 is 0 Å². The highest BCUT2D eigenvalue weighted by Gasteiger charge is 2.28. The van der Waals surface area contributed by atoms with Crippen molar-refractivity contribution in [2.45, 2.75) is 19.4 Å². The SMILES string of the molecule is C[C@H]1CC(c2ccccc2)NC1=O. The van der Waals surface area contributed by atoms with E-state index in [1.807, 2.05) is 25.1 Å². The molecule has 1 aliphatic rings. The van der Waals surface area contributed by atoms with Crippen LogP contribution in [-0.4, -0.2) is 5.91 Å². The molecule has 1 aromatic rings. The summed E-state index contributed by atoms with van der Waals surface area (Å²) in [5, 5.41) is 2.98. The second-order valence-corrected chi connectivity index (χ2v) is 3.61. The molecule has 1 aromatic carbocycles. The van der Waals surface area contributed by atoms with E-state index in [9.17, 15) is 4.79 Å². The molecule has 1 saturated heterocycles. The first kappa shape index (κ1) is 8.30. The summed E-state index contributed by atoms with van der Waals surface area (Å²) in [5.41, 5.74) is 1.21. The number of hydrogen-bond acceptors (Lipinski definition) is 1. The molecular formula is C11H13NO. The van der Waals surface area contributed by atoms with Crippen molar-refractivity contribution in [1.29, 1.82) is 0 Å². The number of carbonyl (C=O) groups excluding carboxylic acids is 1. The first-order valence-corrected chi connectivity index (χ1v) is 4.62. The second-order valence-electron chi connectivity index (χ2n) is 3.61. The molecule has 0 radical (unpaired) electrons. The lowest BCUT2D eigenvalue weighted by molar-refractivity contribution is -0.122. The summed E-state index contributed by atoms with van der Waals surface area (Å²) in [6.45, 7) is 1.97. The molecular weight excluding hydrogens is 162 g/mol. The van der Waals surface area contributed by atoms with Gasteiger partial charge in [-0.2, -0.15) is 0 Å². The highest BCUT2D eigenvalue weighted by Crippen LogP contribution is 2.26. The molecule has 1 N–H and O–H groups in total. The van der Waals surface area contributed by atoms with Crippen molar-refractivity contribution in [3.63, 3.8) is 0 Å². The van der Waals surface area contributed by atoms with Crippen LogP contribution in [0.4, 0.5) is 0 Å². The summed E-state index contributed by atoms with van der Waals surface area (Å²) in [6, 6.07) is 10.3. The summed E-state index contributed by atoms with van der Waals surface area (Å²) >= 11 is 0. The molecule has 2 nitrogen and oxygen atoms in total. The molecule has 2 rings (SSSR count). The highest BCUT2D eigenvalue weighted by atomic mass is 16.2. The molecule has 0 spiro atoms. The number of nitrogens with one attached hydrogen (secondary N) is 1. The minimum atomic E-state index is 0.158. The predicted molar refractivity (Wildman–Crippen MR) is 51.1 cm³/mol. The third-order valence-electron chi connectivity index (χ3n) is 2.56. The molecule has 13 heavy (non-hydrogen) atoms. The summed E-state index contributed by atoms with van der Waals surface area (Å²) < 4.78 is 0. The van der Waals surface area contributed by atoms with Crippen molar-refractivity contribution in [2.24, 2.45) is 5.92 Å². The average Bonchev–Trinajstić information content (AvgIpc) is 2.49. The van der Waals surface area contributed by atoms with Gasteiger partial charge in [0.05, 0.1) is 6.04 Å². The van der Waals surface area contributed by atoms with E-state index < -0.39 is 0 Å². The van der Waals surface area contributed by atoms with Crippen LogP contribution in [0, 0.1) is 5.92 Å². The molecule has 1 unspecified atom stereocenters. The van der Waals surface area contributed by atoms with E-state index in [1.165, 1.54) is 5.56 Å². The first-order chi connectivity index (χ1) is 6.27. The van der Waals surface area contributed by atoms with Gasteiger partial charge in [-0.15, -0.1) is 0 Å². The van der Waals surface area contributed by atoms with Crippen molar-refractivity contribution in [3.05, 3.63) is 35.9 Å². The smallest absolute Gasteiger partial charge is 0.223 e. The molecule has 0 aromatic heterocycles. The number of amides is 1. The van der Waals surface area contributed by atoms with Gasteiger partial charge >= 0.3 is 0 Å². The van der Waals surface area contributed by atoms with Gasteiger partial charge in [-0.1, -0.05) is 37.3 Å². The Morgan fingerprint density at radius 1 is 1.31 bits per heavy atom. The van der Waals surface area contributed by atoms with Crippen LogP contribution in [0.25, 0.3) is 0 Å². The lowest BCUT2D eigenvalue weighted by Gasteiger charge is -2.08. The van der Waals surface area contributed by atoms with Crippen molar-refractivity contribution in [1.82, 2.24) is 5.32 Å². The largest absolute Gasteiger partial charge is 0.349 e. The fourth-order valence-electron chi connectivity index (χ4n) is 1.74. The molecule has 2 atom stereocenters. The van der Waals surface area contributed by atoms with E-state index in [0.717, 1.165) is 6.42 Å². The zero-order chi connectivity index (χ0) is 9.26. The number of benzene rings is 1. The molecule has 2 heteroatoms. The quantitative estimate of drug-likeness (QED) is 0.693. The summed E-state index contributed by atoms with van der Waals surface area (Å²) in [7, 11) is 0. The van der Waals surface area contributed by atoms with Gasteiger partial charge in [0, 0.05) is 5.92 Å². The summed E-state index contributed by atoms with van der Waals surface area (Å²) in [4.78, 5) is 11.2. The maximum atomic E-state index is 11.2. The molecule has 68 valence electrons. The Bertz CT molecular complexity index is 307. The fourth-order valence-corrected chi connectivity index (χ4v) is 1.74. The maximum Gasteiger partial charge on any atom is 0.223 e. The zero-order valence-electron chi connectivity index (χ0n) is 7.66. The molecule has 1 aliphatic heterocycles. The summed E-state index contributed by atoms with van der Waals surface area (Å²) in [6.07, 6.45) is 0.919. The van der Waals surface area contributed by atoms with Crippen LogP contribution in [0.3, 0.4) is 0 Å². The predicted octanol–water partition coefficient (Wildman–Crippen LogP) is 1.88. The number of carbonyl (C=O) groups is 1. The van der Waals surface area contributed by atoms with Crippen LogP contribution in [0.15, 0.2) is 30.3 Å². The first-order valence-electron chi connectivity index (χ1n) is 4.62. The molecule has 0 bridgehead atoms. The molecule has 0 saturated carbocycles. The Hall–Kier alpha value is -1.31. The van der Waals surface area contributed by atoms with Gasteiger partial charge < -0.3 is 5.32 Å². The maximum absolute atomic E-state index is 11.2. The second kappa shape index (κ2) is 3.21. The van der Waals surface area contributed by atoms with Crippen molar-refractivity contribution in [2.75, 3.05) is 0 Å². The van der Waals surface area contributed by atoms with Gasteiger partial charge in [-0.05, 0) is 12.0 Å². The molecule has 1 heterocycles. The minimum Gasteiger partial charge on any atom is -0.349 e. The zero-order valence-corrected chi connectivity index (χ0v) is 7.66. The third-order valence-corrected chi connectivity index (χ3v) is 2.56. The molecule has 0 aliphatic carbocycles. The standard InChI is InChI=1S/C11H13NO/c1-8-7-10(12-11(8)13)9-5-3-2-4-6-9/h2-6,8,10H,7H2,1H3,(H,12,13)/t8-,10?/m0/s1. The van der Waals surface area contributed by atoms with Crippen LogP contribution in [-0.2, 0) is 4.79 Å². The normalized spacial score (nSPS) is 27.3. The monoisotopic (exact) mass is 175 g/mol. The Morgan fingerprint density at radius 3 is 2.54 bits per heavy atom. The Kier molecular flexibility index (Phi) is 2.05. The van der Waals surface area contributed by atoms with E-state index in [0.29, 0.717) is 0 Å². The van der Waals surface area contributed by atoms with E-state index in [4.69, 9.17) is 0 Å². The lowest BCUT2D eigenvalue weighted by Crippen LogP contribution is -2.20. The topological polar surface area (TPSA) is 29.1 Å². The number of rotatable bonds is 1. The van der Waals surface area contributed by atoms with Gasteiger partial charge in [0.15, 0.2) is 0 Å². The summed E-state index contributed by atoms with van der Waals surface area (Å²) in [5.74, 6) is 0.332. The Labute approximate surface area is 78.0 Å². The van der Waals surface area contributed by atoms with Crippen molar-refractivity contribution in [3.8, 4) is 0 Å². The van der Waals surface area contributed by atoms with Crippen LogP contribution in [0.2, 0.25) is 0 Å². The Balaban J connectivity index is 2.17. The van der Waals surface area contributed by atoms with E-state index in [2.05, 4.69) is 17.4 Å². The van der Waals surface area contributed by atoms with Crippen molar-refractivity contribution < 1.29 is 4.79 Å². The fraction of sp³-hybridized carbons (Fsp3) is 0.364. The van der Waals surface area contributed by atoms with Crippen LogP contribution >= 0.6 is 0 Å². The van der Waals surface area contributed by atoms with E-state index in [1.54, 1.807) is 0 Å². The van der Waals surface area contributed by atoms with Crippen LogP contribution < -0.4 is 5.32 Å². The molecule has 1 fully saturated rings. The highest BCUT2D eigenvalue weighted by molar-refractivity contribution is 5.81. The van der Waals surface area contributed by atoms with E-state index in [-0.39, 0.29) is 17.9 Å². The average molecular weight is 175 g/mol. The van der Waals surface area contributed by atoms with Gasteiger partial charge in [0.2, 0.25) is 5.91 Å². The van der Waals surface area contributed by atoms with Gasteiger partial charge in [-0.3, -0.25) is 4.79 Å². The molecule has 1 amide bonds. The van der Waals surface area contributed by atoms with Gasteiger partial charge in [0.1, 0.15) is 0 Å². The lowest BCUT2D eigenvalue weighted by atomic mass is 10.0. The van der Waals surface area contributed by atoms with Gasteiger partial charge in [0.25, 0.3) is 0 Å². The van der Waals surface area contributed by atoms with Crippen molar-refractivity contribution >= 4 is 5.91 Å².